The fourth-order valence-corrected chi connectivity index (χ4v) is 3.17. The van der Waals surface area contributed by atoms with Gasteiger partial charge in [-0.25, -0.2) is 0 Å². The lowest BCUT2D eigenvalue weighted by atomic mass is 10.0. The van der Waals surface area contributed by atoms with Gasteiger partial charge in [0, 0.05) is 49.0 Å². The summed E-state index contributed by atoms with van der Waals surface area (Å²) in [7, 11) is 0. The van der Waals surface area contributed by atoms with Gasteiger partial charge < -0.3 is 9.84 Å². The normalized spacial score (nSPS) is 21.9. The number of hydrogen-bond acceptors (Lipinski definition) is 5. The molecule has 0 amide bonds. The van der Waals surface area contributed by atoms with Crippen LogP contribution in [0.4, 0.5) is 0 Å². The van der Waals surface area contributed by atoms with Crippen LogP contribution in [0.5, 0.6) is 5.75 Å². The van der Waals surface area contributed by atoms with Crippen molar-refractivity contribution in [2.24, 2.45) is 0 Å². The van der Waals surface area contributed by atoms with Gasteiger partial charge in [0.15, 0.2) is 0 Å². The van der Waals surface area contributed by atoms with E-state index in [1.54, 1.807) is 6.20 Å². The monoisotopic (exact) mass is 324 g/mol. The van der Waals surface area contributed by atoms with Crippen molar-refractivity contribution >= 4 is 10.9 Å². The minimum atomic E-state index is -0.509. The molecule has 1 aliphatic heterocycles. The highest BCUT2D eigenvalue weighted by atomic mass is 16.5. The molecule has 0 aliphatic carbocycles. The SMILES string of the molecule is O[C@@H]1CN(Cc2cn[nH]c2)CC[C@H]1Oc1ccc2cccnc2c1. The smallest absolute Gasteiger partial charge is 0.127 e. The van der Waals surface area contributed by atoms with Crippen molar-refractivity contribution in [2.75, 3.05) is 13.1 Å². The van der Waals surface area contributed by atoms with E-state index in [2.05, 4.69) is 20.1 Å². The van der Waals surface area contributed by atoms with Crippen LogP contribution < -0.4 is 4.74 Å². The molecule has 0 saturated carbocycles. The highest BCUT2D eigenvalue weighted by Crippen LogP contribution is 2.23. The van der Waals surface area contributed by atoms with Crippen molar-refractivity contribution in [3.05, 3.63) is 54.5 Å². The molecule has 3 aromatic rings. The Balaban J connectivity index is 1.40. The molecule has 1 aromatic carbocycles. The molecule has 0 radical (unpaired) electrons. The summed E-state index contributed by atoms with van der Waals surface area (Å²) < 4.78 is 6.02. The number of rotatable bonds is 4. The van der Waals surface area contributed by atoms with Crippen LogP contribution in [0.1, 0.15) is 12.0 Å². The topological polar surface area (TPSA) is 74.3 Å². The van der Waals surface area contributed by atoms with E-state index in [9.17, 15) is 5.11 Å². The molecule has 6 nitrogen and oxygen atoms in total. The third kappa shape index (κ3) is 3.25. The van der Waals surface area contributed by atoms with E-state index < -0.39 is 6.10 Å². The fourth-order valence-electron chi connectivity index (χ4n) is 3.17. The van der Waals surface area contributed by atoms with Gasteiger partial charge >= 0.3 is 0 Å². The van der Waals surface area contributed by atoms with Crippen LogP contribution in [0.15, 0.2) is 48.9 Å². The molecule has 2 atom stereocenters. The molecule has 3 heterocycles. The quantitative estimate of drug-likeness (QED) is 0.767. The second kappa shape index (κ2) is 6.59. The summed E-state index contributed by atoms with van der Waals surface area (Å²) in [5, 5.41) is 18.3. The number of nitrogens with one attached hydrogen (secondary N) is 1. The molecular weight excluding hydrogens is 304 g/mol. The first-order chi connectivity index (χ1) is 11.8. The van der Waals surface area contributed by atoms with Crippen molar-refractivity contribution in [3.8, 4) is 5.75 Å². The number of fused-ring (bicyclic) bond motifs is 1. The van der Waals surface area contributed by atoms with Crippen LogP contribution in [0.2, 0.25) is 0 Å². The molecule has 24 heavy (non-hydrogen) atoms. The van der Waals surface area contributed by atoms with Gasteiger partial charge in [-0.2, -0.15) is 5.10 Å². The summed E-state index contributed by atoms with van der Waals surface area (Å²) in [5.74, 6) is 0.758. The van der Waals surface area contributed by atoms with Gasteiger partial charge in [-0.15, -0.1) is 0 Å². The van der Waals surface area contributed by atoms with Crippen LogP contribution in [-0.4, -0.2) is 50.5 Å². The predicted octanol–water partition coefficient (Wildman–Crippen LogP) is 1.97. The first-order valence-corrected chi connectivity index (χ1v) is 8.17. The molecule has 2 N–H and O–H groups in total. The second-order valence-electron chi connectivity index (χ2n) is 6.21. The zero-order valence-electron chi connectivity index (χ0n) is 13.3. The maximum absolute atomic E-state index is 10.4. The van der Waals surface area contributed by atoms with Crippen molar-refractivity contribution in [1.29, 1.82) is 0 Å². The Hall–Kier alpha value is -2.44. The van der Waals surface area contributed by atoms with Gasteiger partial charge in [-0.1, -0.05) is 6.07 Å². The number of aliphatic hydroxyl groups is 1. The number of pyridine rings is 1. The summed E-state index contributed by atoms with van der Waals surface area (Å²) in [5.41, 5.74) is 2.03. The second-order valence-corrected chi connectivity index (χ2v) is 6.21. The molecule has 0 spiro atoms. The number of β-amino-alcohol motifs (C(OH)–C–C–N with tert-alkyl or cyclic N) is 1. The number of aromatic amines is 1. The number of benzene rings is 1. The molecule has 6 heteroatoms. The van der Waals surface area contributed by atoms with E-state index in [1.807, 2.05) is 42.7 Å². The van der Waals surface area contributed by atoms with Crippen molar-refractivity contribution in [1.82, 2.24) is 20.1 Å². The van der Waals surface area contributed by atoms with E-state index in [-0.39, 0.29) is 6.10 Å². The molecule has 2 aromatic heterocycles. The van der Waals surface area contributed by atoms with Crippen LogP contribution in [0.3, 0.4) is 0 Å². The maximum Gasteiger partial charge on any atom is 0.127 e. The lowest BCUT2D eigenvalue weighted by Crippen LogP contribution is -2.48. The van der Waals surface area contributed by atoms with E-state index in [1.165, 1.54) is 0 Å². The number of H-pyrrole nitrogens is 1. The Morgan fingerprint density at radius 3 is 3.12 bits per heavy atom. The van der Waals surface area contributed by atoms with E-state index in [4.69, 9.17) is 4.74 Å². The number of piperidine rings is 1. The zero-order valence-corrected chi connectivity index (χ0v) is 13.3. The number of nitrogens with zero attached hydrogens (tertiary/aromatic N) is 3. The first kappa shape index (κ1) is 15.1. The van der Waals surface area contributed by atoms with Gasteiger partial charge in [0.25, 0.3) is 0 Å². The molecule has 1 aliphatic rings. The average molecular weight is 324 g/mol. The number of hydrogen-bond donors (Lipinski definition) is 2. The summed E-state index contributed by atoms with van der Waals surface area (Å²) in [6.45, 7) is 2.28. The minimum absolute atomic E-state index is 0.188. The third-order valence-corrected chi connectivity index (χ3v) is 4.43. The van der Waals surface area contributed by atoms with Gasteiger partial charge in [0.05, 0.1) is 11.7 Å². The third-order valence-electron chi connectivity index (χ3n) is 4.43. The Morgan fingerprint density at radius 2 is 2.29 bits per heavy atom. The summed E-state index contributed by atoms with van der Waals surface area (Å²) in [6.07, 6.45) is 5.57. The Labute approximate surface area is 140 Å². The summed E-state index contributed by atoms with van der Waals surface area (Å²) >= 11 is 0. The Kier molecular flexibility index (Phi) is 4.15. The maximum atomic E-state index is 10.4. The molecule has 0 bridgehead atoms. The van der Waals surface area contributed by atoms with Gasteiger partial charge in [0.1, 0.15) is 18.0 Å². The van der Waals surface area contributed by atoms with Gasteiger partial charge in [-0.3, -0.25) is 15.0 Å². The first-order valence-electron chi connectivity index (χ1n) is 8.17. The molecule has 4 rings (SSSR count). The fraction of sp³-hybridized carbons (Fsp3) is 0.333. The largest absolute Gasteiger partial charge is 0.488 e. The number of likely N-dealkylation sites (tertiary alicyclic amines) is 1. The van der Waals surface area contributed by atoms with Crippen molar-refractivity contribution in [2.45, 2.75) is 25.2 Å². The highest BCUT2D eigenvalue weighted by molar-refractivity contribution is 5.79. The van der Waals surface area contributed by atoms with Crippen LogP contribution >= 0.6 is 0 Å². The molecular formula is C18H20N4O2. The predicted molar refractivity (Wildman–Crippen MR) is 90.6 cm³/mol. The Bertz CT molecular complexity index is 806. The van der Waals surface area contributed by atoms with Gasteiger partial charge in [-0.05, 0) is 24.6 Å². The number of ether oxygens (including phenoxy) is 1. The molecule has 124 valence electrons. The zero-order chi connectivity index (χ0) is 16.4. The van der Waals surface area contributed by atoms with Crippen LogP contribution in [-0.2, 0) is 6.54 Å². The summed E-state index contributed by atoms with van der Waals surface area (Å²) in [6, 6.07) is 9.81. The molecule has 1 fully saturated rings. The molecule has 0 unspecified atom stereocenters. The molecule has 1 saturated heterocycles. The van der Waals surface area contributed by atoms with Gasteiger partial charge in [0.2, 0.25) is 0 Å². The lowest BCUT2D eigenvalue weighted by Gasteiger charge is -2.35. The Morgan fingerprint density at radius 1 is 1.33 bits per heavy atom. The minimum Gasteiger partial charge on any atom is -0.488 e. The van der Waals surface area contributed by atoms with E-state index in [0.717, 1.165) is 41.7 Å². The van der Waals surface area contributed by atoms with E-state index >= 15 is 0 Å². The van der Waals surface area contributed by atoms with Crippen molar-refractivity contribution in [3.63, 3.8) is 0 Å². The standard InChI is InChI=1S/C18H20N4O2/c23-17-12-22(11-13-9-20-21-10-13)7-5-18(17)24-15-4-3-14-2-1-6-19-16(14)8-15/h1-4,6,8-10,17-18,23H,5,7,11-12H2,(H,20,21)/t17-,18-/m1/s1. The number of aromatic nitrogens is 3. The summed E-state index contributed by atoms with van der Waals surface area (Å²) in [4.78, 5) is 6.57. The van der Waals surface area contributed by atoms with Crippen LogP contribution in [0.25, 0.3) is 10.9 Å². The highest BCUT2D eigenvalue weighted by Gasteiger charge is 2.29. The average Bonchev–Trinajstić information content (AvgIpc) is 3.10. The van der Waals surface area contributed by atoms with Crippen LogP contribution in [0, 0.1) is 0 Å². The van der Waals surface area contributed by atoms with E-state index in [0.29, 0.717) is 6.54 Å². The van der Waals surface area contributed by atoms with Crippen molar-refractivity contribution < 1.29 is 9.84 Å². The number of aliphatic hydroxyl groups excluding tert-OH is 1. The lowest BCUT2D eigenvalue weighted by molar-refractivity contribution is -0.0274.